The van der Waals surface area contributed by atoms with Crippen LogP contribution in [0.5, 0.6) is 0 Å². The molecule has 3 atom stereocenters. The van der Waals surface area contributed by atoms with E-state index in [-0.39, 0.29) is 5.38 Å². The highest BCUT2D eigenvalue weighted by atomic mass is 35.5. The minimum atomic E-state index is 0.282. The molecule has 0 amide bonds. The van der Waals surface area contributed by atoms with Crippen molar-refractivity contribution >= 4 is 11.6 Å². The number of methoxy groups -OCH3 is 1. The summed E-state index contributed by atoms with van der Waals surface area (Å²) >= 11 is 6.10. The Morgan fingerprint density at radius 2 is 2.07 bits per heavy atom. The molecular formula is C12H19ClO. The lowest BCUT2D eigenvalue weighted by Gasteiger charge is -2.31. The van der Waals surface area contributed by atoms with E-state index in [4.69, 9.17) is 16.3 Å². The molecule has 0 aromatic carbocycles. The molecule has 14 heavy (non-hydrogen) atoms. The third kappa shape index (κ3) is 2.14. The number of hydrogen-bond acceptors (Lipinski definition) is 1. The molecule has 0 spiro atoms. The van der Waals surface area contributed by atoms with Crippen LogP contribution in [0.15, 0.2) is 11.6 Å². The zero-order valence-electron chi connectivity index (χ0n) is 8.84. The summed E-state index contributed by atoms with van der Waals surface area (Å²) in [5, 5.41) is 0.282. The number of hydrogen-bond donors (Lipinski definition) is 0. The zero-order valence-corrected chi connectivity index (χ0v) is 9.59. The van der Waals surface area contributed by atoms with Gasteiger partial charge >= 0.3 is 0 Å². The van der Waals surface area contributed by atoms with Gasteiger partial charge in [-0.1, -0.05) is 24.5 Å². The predicted molar refractivity (Wildman–Crippen MR) is 59.7 cm³/mol. The van der Waals surface area contributed by atoms with Crippen LogP contribution >= 0.6 is 11.6 Å². The van der Waals surface area contributed by atoms with E-state index >= 15 is 0 Å². The summed E-state index contributed by atoms with van der Waals surface area (Å²) in [5.41, 5.74) is 1.57. The summed E-state index contributed by atoms with van der Waals surface area (Å²) in [5.74, 6) is 0.664. The second-order valence-electron chi connectivity index (χ2n) is 4.46. The first-order valence-electron chi connectivity index (χ1n) is 5.68. The molecule has 3 unspecified atom stereocenters. The Bertz CT molecular complexity index is 224. The largest absolute Gasteiger partial charge is 0.381 e. The first-order valence-corrected chi connectivity index (χ1v) is 6.12. The van der Waals surface area contributed by atoms with E-state index in [2.05, 4.69) is 6.08 Å². The van der Waals surface area contributed by atoms with Crippen molar-refractivity contribution in [3.8, 4) is 0 Å². The molecule has 0 aromatic heterocycles. The van der Waals surface area contributed by atoms with Gasteiger partial charge in [0.25, 0.3) is 0 Å². The van der Waals surface area contributed by atoms with Gasteiger partial charge in [0.15, 0.2) is 0 Å². The Balaban J connectivity index is 2.03. The molecule has 2 aliphatic carbocycles. The summed E-state index contributed by atoms with van der Waals surface area (Å²) in [6.45, 7) is 0. The number of alkyl halides is 1. The number of halogens is 1. The third-order valence-electron chi connectivity index (χ3n) is 3.59. The maximum absolute atomic E-state index is 6.10. The molecule has 0 heterocycles. The van der Waals surface area contributed by atoms with Gasteiger partial charge in [-0.15, -0.1) is 11.6 Å². The van der Waals surface area contributed by atoms with Crippen molar-refractivity contribution < 1.29 is 4.74 Å². The van der Waals surface area contributed by atoms with Crippen LogP contribution in [0.4, 0.5) is 0 Å². The van der Waals surface area contributed by atoms with Crippen LogP contribution in [-0.4, -0.2) is 18.6 Å². The molecule has 1 saturated carbocycles. The molecule has 2 heteroatoms. The Hall–Kier alpha value is -0.0100. The van der Waals surface area contributed by atoms with Gasteiger partial charge in [0.05, 0.1) is 11.5 Å². The molecule has 1 fully saturated rings. The Kier molecular flexibility index (Phi) is 3.51. The number of ether oxygens (including phenoxy) is 1. The first-order chi connectivity index (χ1) is 6.81. The molecule has 80 valence electrons. The quantitative estimate of drug-likeness (QED) is 0.505. The highest BCUT2D eigenvalue weighted by Gasteiger charge is 2.30. The molecule has 0 bridgehead atoms. The van der Waals surface area contributed by atoms with Gasteiger partial charge < -0.3 is 4.74 Å². The van der Waals surface area contributed by atoms with Gasteiger partial charge in [-0.2, -0.15) is 0 Å². The Labute approximate surface area is 91.5 Å². The van der Waals surface area contributed by atoms with Crippen molar-refractivity contribution in [3.63, 3.8) is 0 Å². The van der Waals surface area contributed by atoms with Crippen LogP contribution in [0.3, 0.4) is 0 Å². The molecule has 2 rings (SSSR count). The zero-order chi connectivity index (χ0) is 9.97. The lowest BCUT2D eigenvalue weighted by Crippen LogP contribution is -2.27. The summed E-state index contributed by atoms with van der Waals surface area (Å²) in [7, 11) is 1.84. The van der Waals surface area contributed by atoms with Crippen molar-refractivity contribution in [2.75, 3.05) is 7.11 Å². The molecule has 0 aliphatic heterocycles. The van der Waals surface area contributed by atoms with Crippen LogP contribution in [0, 0.1) is 5.92 Å². The van der Waals surface area contributed by atoms with Gasteiger partial charge in [-0.05, 0) is 25.7 Å². The van der Waals surface area contributed by atoms with Crippen LogP contribution in [-0.2, 0) is 4.74 Å². The fourth-order valence-corrected chi connectivity index (χ4v) is 3.09. The van der Waals surface area contributed by atoms with E-state index in [9.17, 15) is 0 Å². The monoisotopic (exact) mass is 214 g/mol. The Morgan fingerprint density at radius 1 is 1.29 bits per heavy atom. The van der Waals surface area contributed by atoms with Crippen LogP contribution in [0.25, 0.3) is 0 Å². The predicted octanol–water partition coefficient (Wildman–Crippen LogP) is 3.52. The summed E-state index contributed by atoms with van der Waals surface area (Å²) in [6, 6.07) is 0. The summed E-state index contributed by atoms with van der Waals surface area (Å²) in [6.07, 6.45) is 10.3. The average Bonchev–Trinajstić information content (AvgIpc) is 2.65. The lowest BCUT2D eigenvalue weighted by molar-refractivity contribution is 0.0366. The maximum atomic E-state index is 6.10. The maximum Gasteiger partial charge on any atom is 0.0636 e. The Morgan fingerprint density at radius 3 is 2.71 bits per heavy atom. The van der Waals surface area contributed by atoms with Gasteiger partial charge in [0.1, 0.15) is 0 Å². The topological polar surface area (TPSA) is 9.23 Å². The highest BCUT2D eigenvalue weighted by Crippen LogP contribution is 2.37. The van der Waals surface area contributed by atoms with E-state index in [1.807, 2.05) is 7.11 Å². The van der Waals surface area contributed by atoms with E-state index in [1.54, 1.807) is 5.57 Å². The van der Waals surface area contributed by atoms with Crippen LogP contribution in [0.2, 0.25) is 0 Å². The van der Waals surface area contributed by atoms with Gasteiger partial charge in [-0.3, -0.25) is 0 Å². The van der Waals surface area contributed by atoms with Crippen LogP contribution < -0.4 is 0 Å². The average molecular weight is 215 g/mol. The number of rotatable bonds is 2. The highest BCUT2D eigenvalue weighted by molar-refractivity contribution is 6.22. The van der Waals surface area contributed by atoms with E-state index in [0.717, 1.165) is 6.42 Å². The normalized spacial score (nSPS) is 38.4. The molecule has 0 N–H and O–H groups in total. The van der Waals surface area contributed by atoms with Gasteiger partial charge in [0.2, 0.25) is 0 Å². The standard InChI is InChI=1S/C12H19ClO/c1-14-12-5-3-2-4-11(12)9-6-7-10(13)8-9/h8,10-12H,2-7H2,1H3. The van der Waals surface area contributed by atoms with E-state index in [1.165, 1.54) is 32.1 Å². The van der Waals surface area contributed by atoms with Gasteiger partial charge in [-0.25, -0.2) is 0 Å². The smallest absolute Gasteiger partial charge is 0.0636 e. The molecule has 2 aliphatic rings. The van der Waals surface area contributed by atoms with Crippen molar-refractivity contribution in [2.45, 2.75) is 50.0 Å². The minimum absolute atomic E-state index is 0.282. The second kappa shape index (κ2) is 4.67. The lowest BCUT2D eigenvalue weighted by atomic mass is 9.81. The number of allylic oxidation sites excluding steroid dienone is 1. The molecular weight excluding hydrogens is 196 g/mol. The van der Waals surface area contributed by atoms with Crippen LogP contribution in [0.1, 0.15) is 38.5 Å². The second-order valence-corrected chi connectivity index (χ2v) is 5.02. The van der Waals surface area contributed by atoms with Crippen molar-refractivity contribution in [1.82, 2.24) is 0 Å². The van der Waals surface area contributed by atoms with Crippen molar-refractivity contribution in [2.24, 2.45) is 5.92 Å². The molecule has 1 nitrogen and oxygen atoms in total. The third-order valence-corrected chi connectivity index (χ3v) is 3.93. The molecule has 0 radical (unpaired) electrons. The van der Waals surface area contributed by atoms with E-state index in [0.29, 0.717) is 12.0 Å². The van der Waals surface area contributed by atoms with Crippen molar-refractivity contribution in [1.29, 1.82) is 0 Å². The first kappa shape index (κ1) is 10.5. The van der Waals surface area contributed by atoms with Crippen molar-refractivity contribution in [3.05, 3.63) is 11.6 Å². The fourth-order valence-electron chi connectivity index (χ4n) is 2.82. The summed E-state index contributed by atoms with van der Waals surface area (Å²) in [4.78, 5) is 0. The molecule has 0 aromatic rings. The molecule has 0 saturated heterocycles. The fraction of sp³-hybridized carbons (Fsp3) is 0.833. The van der Waals surface area contributed by atoms with E-state index < -0.39 is 0 Å². The summed E-state index contributed by atoms with van der Waals surface area (Å²) < 4.78 is 5.57. The van der Waals surface area contributed by atoms with Gasteiger partial charge in [0, 0.05) is 13.0 Å². The SMILES string of the molecule is COC1CCCCC1C1=CC(Cl)CC1. The minimum Gasteiger partial charge on any atom is -0.381 e.